The molecule has 1 unspecified atom stereocenters. The molecule has 102 valence electrons. The van der Waals surface area contributed by atoms with E-state index in [9.17, 15) is 0 Å². The summed E-state index contributed by atoms with van der Waals surface area (Å²) in [6, 6.07) is 20.3. The summed E-state index contributed by atoms with van der Waals surface area (Å²) < 4.78 is 5.92. The van der Waals surface area contributed by atoms with E-state index >= 15 is 0 Å². The summed E-state index contributed by atoms with van der Waals surface area (Å²) in [5.74, 6) is 6.43. The minimum atomic E-state index is 0.000382. The van der Waals surface area contributed by atoms with Crippen molar-refractivity contribution in [1.82, 2.24) is 0 Å². The molecule has 0 aliphatic carbocycles. The van der Waals surface area contributed by atoms with Gasteiger partial charge in [0, 0.05) is 5.56 Å². The summed E-state index contributed by atoms with van der Waals surface area (Å²) in [6.07, 6.45) is 2.04. The van der Waals surface area contributed by atoms with Gasteiger partial charge in [-0.2, -0.15) is 0 Å². The zero-order valence-electron chi connectivity index (χ0n) is 11.9. The van der Waals surface area contributed by atoms with Gasteiger partial charge in [0.05, 0.1) is 6.61 Å². The molecule has 0 saturated carbocycles. The molecule has 0 fully saturated rings. The third-order valence-corrected chi connectivity index (χ3v) is 3.00. The normalized spacial score (nSPS) is 11.4. The lowest BCUT2D eigenvalue weighted by Crippen LogP contribution is -2.10. The van der Waals surface area contributed by atoms with Crippen LogP contribution in [-0.2, 0) is 11.3 Å². The third kappa shape index (κ3) is 4.91. The first-order valence-electron chi connectivity index (χ1n) is 7.10. The van der Waals surface area contributed by atoms with Crippen LogP contribution in [0.1, 0.15) is 30.9 Å². The highest BCUT2D eigenvalue weighted by Gasteiger charge is 2.04. The van der Waals surface area contributed by atoms with E-state index < -0.39 is 0 Å². The number of rotatable bonds is 5. The molecule has 0 N–H and O–H groups in total. The molecule has 0 spiro atoms. The minimum absolute atomic E-state index is 0.000382. The Kier molecular flexibility index (Phi) is 5.89. The molecule has 2 aromatic rings. The van der Waals surface area contributed by atoms with Gasteiger partial charge in [-0.15, -0.1) is 0 Å². The summed E-state index contributed by atoms with van der Waals surface area (Å²) in [7, 11) is 0. The number of hydrogen-bond donors (Lipinski definition) is 0. The summed E-state index contributed by atoms with van der Waals surface area (Å²) in [6.45, 7) is 2.78. The van der Waals surface area contributed by atoms with Gasteiger partial charge in [-0.25, -0.2) is 0 Å². The van der Waals surface area contributed by atoms with Crippen molar-refractivity contribution < 1.29 is 4.74 Å². The molecule has 0 aliphatic rings. The van der Waals surface area contributed by atoms with Crippen molar-refractivity contribution in [2.75, 3.05) is 0 Å². The summed E-state index contributed by atoms with van der Waals surface area (Å²) >= 11 is 0. The van der Waals surface area contributed by atoms with Crippen LogP contribution in [-0.4, -0.2) is 6.10 Å². The van der Waals surface area contributed by atoms with Gasteiger partial charge in [0.25, 0.3) is 0 Å². The predicted octanol–water partition coefficient (Wildman–Crippen LogP) is 4.42. The van der Waals surface area contributed by atoms with Gasteiger partial charge < -0.3 is 4.74 Å². The first kappa shape index (κ1) is 14.4. The Bertz CT molecular complexity index is 549. The van der Waals surface area contributed by atoms with Crippen LogP contribution in [0.5, 0.6) is 0 Å². The standard InChI is InChI=1S/C19H20O/c1-2-9-19(15-14-17-10-5-3-6-11-17)20-16-18-12-7-4-8-13-18/h3-8,10-13,19H,2,9,16H2,1H3. The predicted molar refractivity (Wildman–Crippen MR) is 83.2 cm³/mol. The van der Waals surface area contributed by atoms with Crippen LogP contribution in [0.2, 0.25) is 0 Å². The maximum Gasteiger partial charge on any atom is 0.119 e. The van der Waals surface area contributed by atoms with Crippen molar-refractivity contribution in [3.63, 3.8) is 0 Å². The Hall–Kier alpha value is -2.04. The van der Waals surface area contributed by atoms with Gasteiger partial charge in [0.2, 0.25) is 0 Å². The summed E-state index contributed by atoms with van der Waals surface area (Å²) in [5, 5.41) is 0. The first-order valence-corrected chi connectivity index (χ1v) is 7.10. The van der Waals surface area contributed by atoms with E-state index in [4.69, 9.17) is 4.74 Å². The Balaban J connectivity index is 1.95. The lowest BCUT2D eigenvalue weighted by atomic mass is 10.1. The maximum absolute atomic E-state index is 5.92. The Morgan fingerprint density at radius 2 is 1.60 bits per heavy atom. The SMILES string of the molecule is CCCC(C#Cc1ccccc1)OCc1ccccc1. The molecule has 0 amide bonds. The van der Waals surface area contributed by atoms with Crippen molar-refractivity contribution in [1.29, 1.82) is 0 Å². The average molecular weight is 264 g/mol. The van der Waals surface area contributed by atoms with Gasteiger partial charge in [-0.3, -0.25) is 0 Å². The quantitative estimate of drug-likeness (QED) is 0.726. The highest BCUT2D eigenvalue weighted by Crippen LogP contribution is 2.07. The Morgan fingerprint density at radius 1 is 0.950 bits per heavy atom. The van der Waals surface area contributed by atoms with Gasteiger partial charge in [0.15, 0.2) is 0 Å². The molecule has 0 saturated heterocycles. The topological polar surface area (TPSA) is 9.23 Å². The van der Waals surface area contributed by atoms with E-state index in [0.29, 0.717) is 6.61 Å². The monoisotopic (exact) mass is 264 g/mol. The van der Waals surface area contributed by atoms with Crippen molar-refractivity contribution >= 4 is 0 Å². The highest BCUT2D eigenvalue weighted by atomic mass is 16.5. The molecular formula is C19H20O. The molecule has 1 atom stereocenters. The van der Waals surface area contributed by atoms with Crippen molar-refractivity contribution in [2.45, 2.75) is 32.5 Å². The number of benzene rings is 2. The van der Waals surface area contributed by atoms with Crippen LogP contribution >= 0.6 is 0 Å². The fourth-order valence-corrected chi connectivity index (χ4v) is 1.92. The summed E-state index contributed by atoms with van der Waals surface area (Å²) in [4.78, 5) is 0. The summed E-state index contributed by atoms with van der Waals surface area (Å²) in [5.41, 5.74) is 2.23. The van der Waals surface area contributed by atoms with E-state index in [1.807, 2.05) is 48.5 Å². The Morgan fingerprint density at radius 3 is 2.25 bits per heavy atom. The van der Waals surface area contributed by atoms with Gasteiger partial charge in [-0.05, 0) is 24.1 Å². The molecule has 2 aromatic carbocycles. The van der Waals surface area contributed by atoms with Crippen molar-refractivity contribution in [3.8, 4) is 11.8 Å². The fourth-order valence-electron chi connectivity index (χ4n) is 1.92. The van der Waals surface area contributed by atoms with Crippen molar-refractivity contribution in [2.24, 2.45) is 0 Å². The van der Waals surface area contributed by atoms with E-state index in [0.717, 1.165) is 18.4 Å². The van der Waals surface area contributed by atoms with E-state index in [1.54, 1.807) is 0 Å². The van der Waals surface area contributed by atoms with Crippen LogP contribution in [0.15, 0.2) is 60.7 Å². The smallest absolute Gasteiger partial charge is 0.119 e. The lowest BCUT2D eigenvalue weighted by Gasteiger charge is -2.11. The zero-order valence-corrected chi connectivity index (χ0v) is 11.9. The van der Waals surface area contributed by atoms with Crippen LogP contribution in [0.3, 0.4) is 0 Å². The van der Waals surface area contributed by atoms with Crippen LogP contribution in [0.25, 0.3) is 0 Å². The number of ether oxygens (including phenoxy) is 1. The molecule has 1 heteroatoms. The van der Waals surface area contributed by atoms with Crippen molar-refractivity contribution in [3.05, 3.63) is 71.8 Å². The highest BCUT2D eigenvalue weighted by molar-refractivity contribution is 5.34. The van der Waals surface area contributed by atoms with Crippen LogP contribution in [0.4, 0.5) is 0 Å². The lowest BCUT2D eigenvalue weighted by molar-refractivity contribution is 0.0722. The molecule has 0 aliphatic heterocycles. The molecule has 20 heavy (non-hydrogen) atoms. The van der Waals surface area contributed by atoms with Crippen LogP contribution < -0.4 is 0 Å². The van der Waals surface area contributed by atoms with Gasteiger partial charge in [-0.1, -0.05) is 73.7 Å². The minimum Gasteiger partial charge on any atom is -0.361 e. The molecule has 2 rings (SSSR count). The molecule has 1 nitrogen and oxygen atoms in total. The number of hydrogen-bond acceptors (Lipinski definition) is 1. The maximum atomic E-state index is 5.92. The second-order valence-corrected chi connectivity index (χ2v) is 4.71. The molecule has 0 radical (unpaired) electrons. The zero-order chi connectivity index (χ0) is 14.0. The molecular weight excluding hydrogens is 244 g/mol. The van der Waals surface area contributed by atoms with E-state index in [2.05, 4.69) is 30.9 Å². The first-order chi connectivity index (χ1) is 9.88. The third-order valence-electron chi connectivity index (χ3n) is 3.00. The van der Waals surface area contributed by atoms with E-state index in [1.165, 1.54) is 5.56 Å². The average Bonchev–Trinajstić information content (AvgIpc) is 2.52. The second-order valence-electron chi connectivity index (χ2n) is 4.71. The Labute approximate surface area is 121 Å². The van der Waals surface area contributed by atoms with Gasteiger partial charge >= 0.3 is 0 Å². The second kappa shape index (κ2) is 8.19. The van der Waals surface area contributed by atoms with E-state index in [-0.39, 0.29) is 6.10 Å². The fraction of sp³-hybridized carbons (Fsp3) is 0.263. The molecule has 0 bridgehead atoms. The largest absolute Gasteiger partial charge is 0.361 e. The van der Waals surface area contributed by atoms with Gasteiger partial charge in [0.1, 0.15) is 6.10 Å². The molecule has 0 heterocycles. The molecule has 0 aromatic heterocycles. The van der Waals surface area contributed by atoms with Crippen LogP contribution in [0, 0.1) is 11.8 Å².